The topological polar surface area (TPSA) is 66.9 Å². The van der Waals surface area contributed by atoms with Crippen LogP contribution in [0.25, 0.3) is 6.08 Å². The van der Waals surface area contributed by atoms with Crippen LogP contribution in [0.2, 0.25) is 0 Å². The van der Waals surface area contributed by atoms with Gasteiger partial charge in [-0.15, -0.1) is 0 Å². The van der Waals surface area contributed by atoms with Crippen molar-refractivity contribution in [2.75, 3.05) is 0 Å². The molecular weight excluding hydrogens is 195 g/mol. The van der Waals surface area contributed by atoms with Crippen LogP contribution in [0.5, 0.6) is 0 Å². The molecule has 1 amide bonds. The molecule has 0 aliphatic carbocycles. The van der Waals surface area contributed by atoms with Crippen molar-refractivity contribution in [1.29, 1.82) is 5.26 Å². The van der Waals surface area contributed by atoms with E-state index in [0.29, 0.717) is 5.56 Å². The van der Waals surface area contributed by atoms with Gasteiger partial charge >= 0.3 is 0 Å². The third-order valence-electron chi connectivity index (χ3n) is 1.79. The number of nitrogens with two attached hydrogens (primary N) is 1. The van der Waals surface area contributed by atoms with Gasteiger partial charge in [-0.1, -0.05) is 12.2 Å². The Hall–Kier alpha value is -2.15. The van der Waals surface area contributed by atoms with Crippen molar-refractivity contribution >= 4 is 12.0 Å². The Kier molecular flexibility index (Phi) is 3.58. The second-order valence-electron chi connectivity index (χ2n) is 2.86. The Morgan fingerprint density at radius 1 is 1.60 bits per heavy atom. The summed E-state index contributed by atoms with van der Waals surface area (Å²) in [6.07, 6.45) is 3.25. The molecule has 0 saturated heterocycles. The zero-order valence-electron chi connectivity index (χ0n) is 7.90. The van der Waals surface area contributed by atoms with Crippen molar-refractivity contribution < 1.29 is 9.18 Å². The Morgan fingerprint density at radius 2 is 2.33 bits per heavy atom. The first kappa shape index (κ1) is 10.9. The van der Waals surface area contributed by atoms with E-state index in [1.165, 1.54) is 24.3 Å². The fraction of sp³-hybridized carbons (Fsp3) is 0.0909. The maximum atomic E-state index is 12.9. The summed E-state index contributed by atoms with van der Waals surface area (Å²) in [5.74, 6) is -1.07. The van der Waals surface area contributed by atoms with Gasteiger partial charge in [0.15, 0.2) is 0 Å². The fourth-order valence-corrected chi connectivity index (χ4v) is 1.13. The van der Waals surface area contributed by atoms with Gasteiger partial charge in [0.05, 0.1) is 12.5 Å². The lowest BCUT2D eigenvalue weighted by molar-refractivity contribution is 0.1000. The Morgan fingerprint density at radius 3 is 2.93 bits per heavy atom. The van der Waals surface area contributed by atoms with Crippen molar-refractivity contribution in [3.05, 3.63) is 41.2 Å². The molecule has 0 aliphatic heterocycles. The van der Waals surface area contributed by atoms with E-state index in [2.05, 4.69) is 0 Å². The molecule has 0 radical (unpaired) electrons. The normalized spacial score (nSPS) is 10.1. The van der Waals surface area contributed by atoms with E-state index >= 15 is 0 Å². The smallest absolute Gasteiger partial charge is 0.249 e. The molecule has 0 fully saturated rings. The van der Waals surface area contributed by atoms with E-state index in [1.807, 2.05) is 6.07 Å². The molecule has 3 nitrogen and oxygen atoms in total. The highest BCUT2D eigenvalue weighted by Crippen LogP contribution is 2.13. The number of nitriles is 1. The van der Waals surface area contributed by atoms with E-state index in [4.69, 9.17) is 11.0 Å². The summed E-state index contributed by atoms with van der Waals surface area (Å²) in [6.45, 7) is 0. The van der Waals surface area contributed by atoms with Gasteiger partial charge in [0.2, 0.25) is 5.91 Å². The van der Waals surface area contributed by atoms with Crippen molar-refractivity contribution in [3.63, 3.8) is 0 Å². The van der Waals surface area contributed by atoms with Crippen molar-refractivity contribution in [3.8, 4) is 6.07 Å². The lowest BCUT2D eigenvalue weighted by Gasteiger charge is -2.01. The predicted molar refractivity (Wildman–Crippen MR) is 54.2 cm³/mol. The molecule has 0 aromatic heterocycles. The second-order valence-corrected chi connectivity index (χ2v) is 2.86. The van der Waals surface area contributed by atoms with E-state index in [-0.39, 0.29) is 12.0 Å². The van der Waals surface area contributed by atoms with E-state index < -0.39 is 11.7 Å². The van der Waals surface area contributed by atoms with Gasteiger partial charge in [0, 0.05) is 5.56 Å². The number of halogens is 1. The van der Waals surface area contributed by atoms with Crippen LogP contribution in [0.1, 0.15) is 22.3 Å². The van der Waals surface area contributed by atoms with Crippen LogP contribution in [0, 0.1) is 17.1 Å². The SMILES string of the molecule is N#CCC=Cc1cc(F)ccc1C(N)=O. The highest BCUT2D eigenvalue weighted by Gasteiger charge is 2.06. The summed E-state index contributed by atoms with van der Waals surface area (Å²) < 4.78 is 12.9. The molecule has 2 N–H and O–H groups in total. The molecule has 0 atom stereocenters. The summed E-state index contributed by atoms with van der Waals surface area (Å²) >= 11 is 0. The number of carbonyl (C=O) groups excluding carboxylic acids is 1. The molecule has 0 aliphatic rings. The molecule has 0 unspecified atom stereocenters. The predicted octanol–water partition coefficient (Wildman–Crippen LogP) is 1.85. The molecule has 0 spiro atoms. The standard InChI is InChI=1S/C11H9FN2O/c12-9-4-5-10(11(14)15)8(7-9)3-1-2-6-13/h1,3-5,7H,2H2,(H2,14,15). The first-order chi connectivity index (χ1) is 7.15. The minimum atomic E-state index is -0.619. The number of nitrogens with zero attached hydrogens (tertiary/aromatic N) is 1. The Balaban J connectivity index is 3.08. The quantitative estimate of drug-likeness (QED) is 0.816. The van der Waals surface area contributed by atoms with Crippen molar-refractivity contribution in [2.24, 2.45) is 5.73 Å². The van der Waals surface area contributed by atoms with Crippen molar-refractivity contribution in [1.82, 2.24) is 0 Å². The largest absolute Gasteiger partial charge is 0.366 e. The zero-order chi connectivity index (χ0) is 11.3. The van der Waals surface area contributed by atoms with Crippen LogP contribution in [0.4, 0.5) is 4.39 Å². The van der Waals surface area contributed by atoms with Gasteiger partial charge < -0.3 is 5.73 Å². The maximum absolute atomic E-state index is 12.9. The van der Waals surface area contributed by atoms with Gasteiger partial charge in [0.25, 0.3) is 0 Å². The molecule has 0 saturated carbocycles. The number of amides is 1. The third kappa shape index (κ3) is 2.92. The minimum absolute atomic E-state index is 0.203. The molecule has 4 heteroatoms. The number of hydrogen-bond donors (Lipinski definition) is 1. The zero-order valence-corrected chi connectivity index (χ0v) is 7.90. The molecule has 15 heavy (non-hydrogen) atoms. The Bertz CT molecular complexity index is 446. The van der Waals surface area contributed by atoms with Crippen LogP contribution >= 0.6 is 0 Å². The van der Waals surface area contributed by atoms with Gasteiger partial charge in [-0.05, 0) is 23.8 Å². The lowest BCUT2D eigenvalue weighted by Crippen LogP contribution is -2.12. The number of primary amides is 1. The van der Waals surface area contributed by atoms with E-state index in [0.717, 1.165) is 0 Å². The Labute approximate surface area is 86.6 Å². The van der Waals surface area contributed by atoms with Gasteiger partial charge in [-0.25, -0.2) is 4.39 Å². The summed E-state index contributed by atoms with van der Waals surface area (Å²) in [5, 5.41) is 8.31. The van der Waals surface area contributed by atoms with Crippen LogP contribution in [0.3, 0.4) is 0 Å². The molecule has 0 heterocycles. The summed E-state index contributed by atoms with van der Waals surface area (Å²) in [6, 6.07) is 5.60. The van der Waals surface area contributed by atoms with Crippen molar-refractivity contribution in [2.45, 2.75) is 6.42 Å². The first-order valence-electron chi connectivity index (χ1n) is 4.28. The van der Waals surface area contributed by atoms with Gasteiger partial charge in [0.1, 0.15) is 5.82 Å². The lowest BCUT2D eigenvalue weighted by atomic mass is 10.1. The molecule has 0 bridgehead atoms. The molecule has 1 aromatic rings. The second kappa shape index (κ2) is 4.91. The van der Waals surface area contributed by atoms with Crippen LogP contribution < -0.4 is 5.73 Å². The summed E-state index contributed by atoms with van der Waals surface area (Å²) in [5.41, 5.74) is 5.74. The summed E-state index contributed by atoms with van der Waals surface area (Å²) in [7, 11) is 0. The molecule has 1 rings (SSSR count). The van der Waals surface area contributed by atoms with Crippen LogP contribution in [-0.2, 0) is 0 Å². The number of carbonyl (C=O) groups is 1. The molecule has 76 valence electrons. The van der Waals surface area contributed by atoms with Gasteiger partial charge in [-0.2, -0.15) is 5.26 Å². The number of allylic oxidation sites excluding steroid dienone is 1. The minimum Gasteiger partial charge on any atom is -0.366 e. The molecular formula is C11H9FN2O. The monoisotopic (exact) mass is 204 g/mol. The van der Waals surface area contributed by atoms with E-state index in [9.17, 15) is 9.18 Å². The van der Waals surface area contributed by atoms with Crippen LogP contribution in [-0.4, -0.2) is 5.91 Å². The number of benzene rings is 1. The van der Waals surface area contributed by atoms with Crippen LogP contribution in [0.15, 0.2) is 24.3 Å². The fourth-order valence-electron chi connectivity index (χ4n) is 1.13. The number of rotatable bonds is 3. The summed E-state index contributed by atoms with van der Waals surface area (Å²) in [4.78, 5) is 11.0. The van der Waals surface area contributed by atoms with E-state index in [1.54, 1.807) is 6.08 Å². The first-order valence-corrected chi connectivity index (χ1v) is 4.28. The average molecular weight is 204 g/mol. The number of hydrogen-bond acceptors (Lipinski definition) is 2. The average Bonchev–Trinajstić information content (AvgIpc) is 2.18. The highest BCUT2D eigenvalue weighted by atomic mass is 19.1. The highest BCUT2D eigenvalue weighted by molar-refractivity contribution is 5.96. The molecule has 1 aromatic carbocycles. The maximum Gasteiger partial charge on any atom is 0.249 e. The third-order valence-corrected chi connectivity index (χ3v) is 1.79. The van der Waals surface area contributed by atoms with Gasteiger partial charge in [-0.3, -0.25) is 4.79 Å².